The summed E-state index contributed by atoms with van der Waals surface area (Å²) in [6, 6.07) is 0. The minimum atomic E-state index is -1.06. The van der Waals surface area contributed by atoms with Crippen molar-refractivity contribution >= 4 is 35.4 Å². The maximum atomic E-state index is 11.9. The van der Waals surface area contributed by atoms with Gasteiger partial charge in [0.2, 0.25) is 0 Å². The molecule has 0 spiro atoms. The van der Waals surface area contributed by atoms with E-state index in [1.165, 1.54) is 28.4 Å². The van der Waals surface area contributed by atoms with Gasteiger partial charge in [0, 0.05) is 5.75 Å². The van der Waals surface area contributed by atoms with Crippen molar-refractivity contribution < 1.29 is 14.7 Å². The number of nitrogens with two attached hydrogens (primary N) is 1. The first-order valence-electron chi connectivity index (χ1n) is 4.65. The summed E-state index contributed by atoms with van der Waals surface area (Å²) in [6.07, 6.45) is 1.77. The Morgan fingerprint density at radius 2 is 2.38 bits per heavy atom. The number of carboxylic acids is 1. The second kappa shape index (κ2) is 3.68. The molecular formula is C9H12N2O3S2. The molecule has 0 bridgehead atoms. The maximum absolute atomic E-state index is 11.9. The second-order valence-corrected chi connectivity index (χ2v) is 5.92. The average molecular weight is 260 g/mol. The molecule has 7 heteroatoms. The highest BCUT2D eigenvalue weighted by Gasteiger charge is 2.62. The normalized spacial score (nSPS) is 33.6. The van der Waals surface area contributed by atoms with Gasteiger partial charge in [0.15, 0.2) is 4.87 Å². The van der Waals surface area contributed by atoms with Gasteiger partial charge in [-0.05, 0) is 18.8 Å². The Morgan fingerprint density at radius 1 is 1.75 bits per heavy atom. The van der Waals surface area contributed by atoms with E-state index < -0.39 is 10.8 Å². The first-order chi connectivity index (χ1) is 7.43. The minimum Gasteiger partial charge on any atom is -0.477 e. The predicted octanol–water partition coefficient (Wildman–Crippen LogP) is 0.278. The lowest BCUT2D eigenvalue weighted by Gasteiger charge is -2.54. The number of rotatable bonds is 2. The minimum absolute atomic E-state index is 0.101. The average Bonchev–Trinajstić information content (AvgIpc) is 2.26. The Balaban J connectivity index is 2.39. The molecule has 0 radical (unpaired) electrons. The van der Waals surface area contributed by atoms with Crippen LogP contribution in [-0.4, -0.2) is 44.1 Å². The molecular weight excluding hydrogens is 248 g/mol. The summed E-state index contributed by atoms with van der Waals surface area (Å²) in [6.45, 7) is 1.73. The largest absolute Gasteiger partial charge is 0.477 e. The molecule has 1 fully saturated rings. The van der Waals surface area contributed by atoms with Crippen molar-refractivity contribution in [1.82, 2.24) is 4.90 Å². The van der Waals surface area contributed by atoms with Crippen LogP contribution in [0.2, 0.25) is 0 Å². The van der Waals surface area contributed by atoms with Crippen LogP contribution >= 0.6 is 23.5 Å². The van der Waals surface area contributed by atoms with Gasteiger partial charge in [0.1, 0.15) is 11.1 Å². The predicted molar refractivity (Wildman–Crippen MR) is 63.9 cm³/mol. The van der Waals surface area contributed by atoms with Gasteiger partial charge in [0.05, 0.1) is 0 Å². The Hall–Kier alpha value is -0.660. The zero-order chi connectivity index (χ0) is 12.1. The Kier molecular flexibility index (Phi) is 2.72. The molecule has 3 N–H and O–H groups in total. The molecule has 16 heavy (non-hydrogen) atoms. The van der Waals surface area contributed by atoms with E-state index in [2.05, 4.69) is 0 Å². The zero-order valence-electron chi connectivity index (χ0n) is 8.89. The maximum Gasteiger partial charge on any atom is 0.352 e. The van der Waals surface area contributed by atoms with Gasteiger partial charge < -0.3 is 10.8 Å². The summed E-state index contributed by atoms with van der Waals surface area (Å²) in [5, 5.41) is 8.82. The van der Waals surface area contributed by atoms with Crippen LogP contribution in [-0.2, 0) is 9.59 Å². The molecule has 2 atom stereocenters. The highest BCUT2D eigenvalue weighted by atomic mass is 32.2. The molecule has 5 nitrogen and oxygen atoms in total. The molecule has 0 aromatic rings. The molecule has 0 aromatic heterocycles. The molecule has 2 heterocycles. The summed E-state index contributed by atoms with van der Waals surface area (Å²) in [4.78, 5) is 23.3. The molecule has 2 aliphatic heterocycles. The number of thioether (sulfide) groups is 2. The van der Waals surface area contributed by atoms with Gasteiger partial charge >= 0.3 is 5.97 Å². The Bertz CT molecular complexity index is 410. The number of hydrogen-bond donors (Lipinski definition) is 2. The van der Waals surface area contributed by atoms with Crippen LogP contribution in [0.25, 0.3) is 0 Å². The first kappa shape index (κ1) is 11.8. The third-order valence-corrected chi connectivity index (χ3v) is 5.52. The van der Waals surface area contributed by atoms with E-state index in [0.717, 1.165) is 0 Å². The second-order valence-electron chi connectivity index (χ2n) is 3.77. The van der Waals surface area contributed by atoms with E-state index >= 15 is 0 Å². The number of fused-ring (bicyclic) bond motifs is 1. The number of carbonyl (C=O) groups is 2. The smallest absolute Gasteiger partial charge is 0.352 e. The van der Waals surface area contributed by atoms with Crippen molar-refractivity contribution in [3.05, 3.63) is 11.3 Å². The van der Waals surface area contributed by atoms with E-state index in [4.69, 9.17) is 10.8 Å². The number of aliphatic carboxylic acids is 1. The fourth-order valence-electron chi connectivity index (χ4n) is 1.89. The SMILES string of the molecule is CSC1(N)C(=O)N2C(C(=O)O)=C(C)CS[C@H]21. The molecule has 1 unspecified atom stereocenters. The molecule has 0 saturated carbocycles. The fourth-order valence-corrected chi connectivity index (χ4v) is 4.21. The van der Waals surface area contributed by atoms with Gasteiger partial charge in [-0.3, -0.25) is 9.69 Å². The van der Waals surface area contributed by atoms with E-state index in [1.807, 2.05) is 0 Å². The van der Waals surface area contributed by atoms with Crippen LogP contribution in [0.3, 0.4) is 0 Å². The van der Waals surface area contributed by atoms with Crippen LogP contribution in [0, 0.1) is 0 Å². The molecule has 1 saturated heterocycles. The third kappa shape index (κ3) is 1.31. The third-order valence-electron chi connectivity index (χ3n) is 2.80. The molecule has 88 valence electrons. The quantitative estimate of drug-likeness (QED) is 0.548. The molecule has 2 rings (SSSR count). The van der Waals surface area contributed by atoms with Crippen LogP contribution in [0.5, 0.6) is 0 Å². The van der Waals surface area contributed by atoms with E-state index in [-0.39, 0.29) is 17.0 Å². The van der Waals surface area contributed by atoms with E-state index in [9.17, 15) is 9.59 Å². The molecule has 0 aromatic carbocycles. The number of amides is 1. The summed E-state index contributed by atoms with van der Waals surface area (Å²) in [5.74, 6) is -0.761. The van der Waals surface area contributed by atoms with Crippen LogP contribution in [0.4, 0.5) is 0 Å². The number of hydrogen-bond acceptors (Lipinski definition) is 5. The lowest BCUT2D eigenvalue weighted by atomic mass is 10.0. The first-order valence-corrected chi connectivity index (χ1v) is 6.93. The van der Waals surface area contributed by atoms with E-state index in [1.54, 1.807) is 13.2 Å². The van der Waals surface area contributed by atoms with Crippen molar-refractivity contribution in [2.24, 2.45) is 5.73 Å². The molecule has 1 amide bonds. The van der Waals surface area contributed by atoms with Crippen molar-refractivity contribution in [2.45, 2.75) is 17.2 Å². The van der Waals surface area contributed by atoms with Crippen LogP contribution < -0.4 is 5.73 Å². The van der Waals surface area contributed by atoms with Crippen LogP contribution in [0.1, 0.15) is 6.92 Å². The van der Waals surface area contributed by atoms with Crippen molar-refractivity contribution in [2.75, 3.05) is 12.0 Å². The number of carboxylic acid groups (broad SMARTS) is 1. The molecule has 2 aliphatic rings. The number of carbonyl (C=O) groups excluding carboxylic acids is 1. The van der Waals surface area contributed by atoms with Gasteiger partial charge in [-0.15, -0.1) is 23.5 Å². The summed E-state index contributed by atoms with van der Waals surface area (Å²) in [7, 11) is 0. The number of β-lactam (4-membered cyclic amide) rings is 1. The van der Waals surface area contributed by atoms with Gasteiger partial charge in [0.25, 0.3) is 5.91 Å². The van der Waals surface area contributed by atoms with Crippen molar-refractivity contribution in [3.8, 4) is 0 Å². The topological polar surface area (TPSA) is 83.6 Å². The lowest BCUT2D eigenvalue weighted by Crippen LogP contribution is -2.76. The molecule has 0 aliphatic carbocycles. The van der Waals surface area contributed by atoms with Gasteiger partial charge in [-0.1, -0.05) is 0 Å². The van der Waals surface area contributed by atoms with E-state index in [0.29, 0.717) is 11.3 Å². The van der Waals surface area contributed by atoms with Gasteiger partial charge in [-0.2, -0.15) is 0 Å². The van der Waals surface area contributed by atoms with Crippen molar-refractivity contribution in [1.29, 1.82) is 0 Å². The highest BCUT2D eigenvalue weighted by Crippen LogP contribution is 2.48. The Labute approximate surface area is 101 Å². The Morgan fingerprint density at radius 3 is 2.88 bits per heavy atom. The van der Waals surface area contributed by atoms with Crippen molar-refractivity contribution in [3.63, 3.8) is 0 Å². The standard InChI is InChI=1S/C9H12N2O3S2/c1-4-3-16-8-9(10,15-2)7(14)11(8)5(4)6(12)13/h8H,3,10H2,1-2H3,(H,12,13)/t8-,9?/m0/s1. The zero-order valence-corrected chi connectivity index (χ0v) is 10.5. The highest BCUT2D eigenvalue weighted by molar-refractivity contribution is 8.04. The lowest BCUT2D eigenvalue weighted by molar-refractivity contribution is -0.149. The van der Waals surface area contributed by atoms with Crippen LogP contribution in [0.15, 0.2) is 11.3 Å². The summed E-state index contributed by atoms with van der Waals surface area (Å²) < 4.78 is 0. The summed E-state index contributed by atoms with van der Waals surface area (Å²) in [5.41, 5.74) is 6.76. The summed E-state index contributed by atoms with van der Waals surface area (Å²) >= 11 is 2.79. The fraction of sp³-hybridized carbons (Fsp3) is 0.556. The van der Waals surface area contributed by atoms with Gasteiger partial charge in [-0.25, -0.2) is 4.79 Å². The monoisotopic (exact) mass is 260 g/mol. The number of nitrogens with zero attached hydrogens (tertiary/aromatic N) is 1.